The molecule has 44 heavy (non-hydrogen) atoms. The molecule has 3 rings (SSSR count). The second kappa shape index (κ2) is 16.5. The van der Waals surface area contributed by atoms with Crippen LogP contribution >= 0.6 is 0 Å². The van der Waals surface area contributed by atoms with Crippen molar-refractivity contribution in [2.45, 2.75) is 128 Å². The highest BCUT2D eigenvalue weighted by molar-refractivity contribution is 5.96. The Bertz CT molecular complexity index is 1020. The zero-order valence-corrected chi connectivity index (χ0v) is 27.1. The van der Waals surface area contributed by atoms with Crippen LogP contribution < -0.4 is 27.0 Å². The molecule has 0 aromatic rings. The lowest BCUT2D eigenvalue weighted by atomic mass is 9.83. The van der Waals surface area contributed by atoms with E-state index in [-0.39, 0.29) is 30.3 Å². The highest BCUT2D eigenvalue weighted by Crippen LogP contribution is 2.28. The van der Waals surface area contributed by atoms with Crippen molar-refractivity contribution < 1.29 is 29.1 Å². The Hall–Kier alpha value is -2.77. The van der Waals surface area contributed by atoms with Crippen molar-refractivity contribution in [3.8, 4) is 0 Å². The number of likely N-dealkylation sites (N-methyl/N-ethyl adjacent to an activating group) is 1. The van der Waals surface area contributed by atoms with Gasteiger partial charge in [-0.2, -0.15) is 0 Å². The summed E-state index contributed by atoms with van der Waals surface area (Å²) in [5.41, 5.74) is 5.90. The SMILES string of the molecule is CCCC1C(=O)N(C)C(CC(C)C)C(=O)NC(C2CCCCC2)C(=O)NC(CN)C(=O)NC(C(C)O)C(=O)N[C@@H]2CCN1C2. The summed E-state index contributed by atoms with van der Waals surface area (Å²) in [6, 6.07) is -4.96. The van der Waals surface area contributed by atoms with E-state index in [2.05, 4.69) is 21.3 Å². The van der Waals surface area contributed by atoms with Crippen LogP contribution in [-0.4, -0.2) is 113 Å². The Kier molecular flexibility index (Phi) is 13.4. The summed E-state index contributed by atoms with van der Waals surface area (Å²) >= 11 is 0. The minimum atomic E-state index is -1.27. The molecule has 8 atom stereocenters. The number of hydrogen-bond acceptors (Lipinski definition) is 8. The molecule has 5 amide bonds. The third kappa shape index (κ3) is 9.13. The summed E-state index contributed by atoms with van der Waals surface area (Å²) in [4.78, 5) is 72.0. The highest BCUT2D eigenvalue weighted by atomic mass is 16.3. The Labute approximate surface area is 261 Å². The molecule has 0 aromatic heterocycles. The third-order valence-corrected chi connectivity index (χ3v) is 9.30. The van der Waals surface area contributed by atoms with E-state index in [4.69, 9.17) is 5.73 Å². The van der Waals surface area contributed by atoms with Crippen molar-refractivity contribution in [2.24, 2.45) is 17.6 Å². The van der Waals surface area contributed by atoms with Gasteiger partial charge in [-0.25, -0.2) is 0 Å². The molecule has 250 valence electrons. The Morgan fingerprint density at radius 2 is 1.55 bits per heavy atom. The number of aliphatic hydroxyl groups excluding tert-OH is 1. The van der Waals surface area contributed by atoms with Gasteiger partial charge in [-0.15, -0.1) is 0 Å². The number of aliphatic hydroxyl groups is 1. The van der Waals surface area contributed by atoms with Gasteiger partial charge >= 0.3 is 0 Å². The number of rotatable bonds is 7. The maximum Gasteiger partial charge on any atom is 0.245 e. The van der Waals surface area contributed by atoms with Gasteiger partial charge in [0.1, 0.15) is 24.2 Å². The van der Waals surface area contributed by atoms with E-state index in [0.717, 1.165) is 38.5 Å². The molecule has 2 saturated heterocycles. The van der Waals surface area contributed by atoms with E-state index in [1.165, 1.54) is 11.8 Å². The fourth-order valence-electron chi connectivity index (χ4n) is 6.76. The number of nitrogens with zero attached hydrogens (tertiary/aromatic N) is 2. The number of carbonyl (C=O) groups is 5. The van der Waals surface area contributed by atoms with Crippen molar-refractivity contribution in [3.05, 3.63) is 0 Å². The molecule has 1 aliphatic carbocycles. The number of carbonyl (C=O) groups excluding carboxylic acids is 5. The van der Waals surface area contributed by atoms with Crippen LogP contribution in [0.2, 0.25) is 0 Å². The van der Waals surface area contributed by atoms with Crippen LogP contribution in [0.5, 0.6) is 0 Å². The fraction of sp³-hybridized carbons (Fsp3) is 0.839. The molecule has 3 fully saturated rings. The molecule has 2 aliphatic heterocycles. The van der Waals surface area contributed by atoms with Crippen LogP contribution in [0.15, 0.2) is 0 Å². The molecule has 2 bridgehead atoms. The van der Waals surface area contributed by atoms with Crippen LogP contribution in [0.3, 0.4) is 0 Å². The van der Waals surface area contributed by atoms with Gasteiger partial charge in [-0.1, -0.05) is 46.5 Å². The van der Waals surface area contributed by atoms with Gasteiger partial charge in [0.25, 0.3) is 0 Å². The van der Waals surface area contributed by atoms with E-state index in [1.807, 2.05) is 25.7 Å². The summed E-state index contributed by atoms with van der Waals surface area (Å²) in [6.07, 6.45) is 5.47. The van der Waals surface area contributed by atoms with Crippen molar-refractivity contribution in [2.75, 3.05) is 26.7 Å². The average Bonchev–Trinajstić information content (AvgIpc) is 3.45. The quantitative estimate of drug-likeness (QED) is 0.222. The van der Waals surface area contributed by atoms with E-state index < -0.39 is 59.9 Å². The Morgan fingerprint density at radius 1 is 0.864 bits per heavy atom. The first-order chi connectivity index (χ1) is 20.9. The third-order valence-electron chi connectivity index (χ3n) is 9.30. The first-order valence-corrected chi connectivity index (χ1v) is 16.5. The summed E-state index contributed by atoms with van der Waals surface area (Å²) in [5, 5.41) is 21.6. The zero-order valence-electron chi connectivity index (χ0n) is 27.1. The number of hydrogen-bond donors (Lipinski definition) is 6. The van der Waals surface area contributed by atoms with E-state index in [1.54, 1.807) is 7.05 Å². The molecule has 13 nitrogen and oxygen atoms in total. The van der Waals surface area contributed by atoms with Crippen molar-refractivity contribution in [1.29, 1.82) is 0 Å². The summed E-state index contributed by atoms with van der Waals surface area (Å²) in [5.74, 6) is -2.41. The predicted molar refractivity (Wildman–Crippen MR) is 166 cm³/mol. The zero-order chi connectivity index (χ0) is 32.6. The fourth-order valence-corrected chi connectivity index (χ4v) is 6.76. The Balaban J connectivity index is 2.03. The molecule has 3 aliphatic rings. The molecule has 0 spiro atoms. The van der Waals surface area contributed by atoms with Gasteiger partial charge in [0.2, 0.25) is 29.5 Å². The average molecular weight is 622 g/mol. The molecule has 0 radical (unpaired) electrons. The maximum atomic E-state index is 14.1. The standard InChI is InChI=1S/C31H55N7O6/c1-6-10-23-31(44)37(5)24(15-18(2)3)28(41)36-26(20-11-8-7-9-12-20)30(43)34-22(16-32)27(40)35-25(19(4)39)29(42)33-21-13-14-38(23)17-21/h18-26,39H,6-17,32H2,1-5H3,(H,33,42)(H,34,43)(H,35,40)(H,36,41)/t19?,21-,22?,23?,24?,25?,26?/m1/s1. The van der Waals surface area contributed by atoms with Crippen molar-refractivity contribution >= 4 is 29.5 Å². The lowest BCUT2D eigenvalue weighted by Crippen LogP contribution is -2.63. The van der Waals surface area contributed by atoms with Crippen molar-refractivity contribution in [3.63, 3.8) is 0 Å². The van der Waals surface area contributed by atoms with Gasteiger partial charge in [-0.05, 0) is 50.9 Å². The number of fused-ring (bicyclic) bond motifs is 2. The second-order valence-electron chi connectivity index (χ2n) is 13.3. The number of nitrogens with two attached hydrogens (primary N) is 1. The van der Waals surface area contributed by atoms with Gasteiger partial charge in [0.15, 0.2) is 0 Å². The maximum absolute atomic E-state index is 14.1. The number of amides is 5. The molecule has 0 aromatic carbocycles. The van der Waals surface area contributed by atoms with E-state index in [9.17, 15) is 29.1 Å². The number of nitrogens with one attached hydrogen (secondary N) is 4. The highest BCUT2D eigenvalue weighted by Gasteiger charge is 2.41. The van der Waals surface area contributed by atoms with Crippen LogP contribution in [0.25, 0.3) is 0 Å². The molecule has 2 heterocycles. The smallest absolute Gasteiger partial charge is 0.245 e. The predicted octanol–water partition coefficient (Wildman–Crippen LogP) is -0.393. The second-order valence-corrected chi connectivity index (χ2v) is 13.3. The van der Waals surface area contributed by atoms with Crippen LogP contribution in [-0.2, 0) is 24.0 Å². The molecule has 7 unspecified atom stereocenters. The van der Waals surface area contributed by atoms with Crippen LogP contribution in [0, 0.1) is 11.8 Å². The minimum absolute atomic E-state index is 0.101. The largest absolute Gasteiger partial charge is 0.391 e. The van der Waals surface area contributed by atoms with E-state index >= 15 is 0 Å². The van der Waals surface area contributed by atoms with Crippen LogP contribution in [0.4, 0.5) is 0 Å². The molecular weight excluding hydrogens is 566 g/mol. The first-order valence-electron chi connectivity index (χ1n) is 16.5. The van der Waals surface area contributed by atoms with Gasteiger partial charge in [0.05, 0.1) is 12.1 Å². The summed E-state index contributed by atoms with van der Waals surface area (Å²) in [6.45, 7) is 8.13. The summed E-state index contributed by atoms with van der Waals surface area (Å²) < 4.78 is 0. The molecule has 7 N–H and O–H groups in total. The molecule has 1 saturated carbocycles. The molecule has 13 heteroatoms. The normalized spacial score (nSPS) is 32.8. The lowest BCUT2D eigenvalue weighted by Gasteiger charge is -2.37. The Morgan fingerprint density at radius 3 is 2.14 bits per heavy atom. The van der Waals surface area contributed by atoms with Crippen LogP contribution in [0.1, 0.15) is 85.5 Å². The monoisotopic (exact) mass is 621 g/mol. The van der Waals surface area contributed by atoms with Gasteiger partial charge in [-0.3, -0.25) is 28.9 Å². The van der Waals surface area contributed by atoms with E-state index in [0.29, 0.717) is 32.4 Å². The first kappa shape index (κ1) is 35.7. The lowest BCUT2D eigenvalue weighted by molar-refractivity contribution is -0.145. The summed E-state index contributed by atoms with van der Waals surface area (Å²) in [7, 11) is 1.66. The van der Waals surface area contributed by atoms with Gasteiger partial charge < -0.3 is 37.0 Å². The van der Waals surface area contributed by atoms with Gasteiger partial charge in [0, 0.05) is 32.7 Å². The topological polar surface area (TPSA) is 186 Å². The minimum Gasteiger partial charge on any atom is -0.391 e. The van der Waals surface area contributed by atoms with Crippen molar-refractivity contribution in [1.82, 2.24) is 31.1 Å². The molecular formula is C31H55N7O6.